The predicted octanol–water partition coefficient (Wildman–Crippen LogP) is 5.23. The van der Waals surface area contributed by atoms with Gasteiger partial charge in [-0.05, 0) is 47.2 Å². The molecule has 0 bridgehead atoms. The molecule has 2 aromatic rings. The van der Waals surface area contributed by atoms with Gasteiger partial charge < -0.3 is 11.5 Å². The second kappa shape index (κ2) is 7.08. The zero-order valence-electron chi connectivity index (χ0n) is 14.8. The molecule has 0 aliphatic rings. The Labute approximate surface area is 140 Å². The maximum Gasteiger partial charge on any atom is 0.0314 e. The average molecular weight is 310 g/mol. The summed E-state index contributed by atoms with van der Waals surface area (Å²) in [6.07, 6.45) is 2.25. The van der Waals surface area contributed by atoms with Crippen LogP contribution in [0.5, 0.6) is 0 Å². The molecule has 0 spiro atoms. The molecule has 2 unspecified atom stereocenters. The van der Waals surface area contributed by atoms with Crippen molar-refractivity contribution in [3.8, 4) is 0 Å². The van der Waals surface area contributed by atoms with Gasteiger partial charge in [-0.2, -0.15) is 0 Å². The predicted molar refractivity (Wildman–Crippen MR) is 101 cm³/mol. The van der Waals surface area contributed by atoms with Crippen molar-refractivity contribution >= 4 is 11.4 Å². The highest BCUT2D eigenvalue weighted by molar-refractivity contribution is 5.49. The van der Waals surface area contributed by atoms with Crippen LogP contribution in [0.2, 0.25) is 0 Å². The van der Waals surface area contributed by atoms with E-state index in [1.807, 2.05) is 24.3 Å². The Morgan fingerprint density at radius 3 is 1.26 bits per heavy atom. The minimum absolute atomic E-state index is 0.0229. The van der Waals surface area contributed by atoms with Crippen LogP contribution in [0.3, 0.4) is 0 Å². The summed E-state index contributed by atoms with van der Waals surface area (Å²) in [5.74, 6) is 1.04. The lowest BCUT2D eigenvalue weighted by Crippen LogP contribution is -2.41. The second-order valence-electron chi connectivity index (χ2n) is 6.73. The van der Waals surface area contributed by atoms with Gasteiger partial charge in [0, 0.05) is 16.8 Å². The fraction of sp³-hybridized carbons (Fsp3) is 0.429. The molecule has 0 saturated heterocycles. The van der Waals surface area contributed by atoms with Crippen LogP contribution < -0.4 is 11.5 Å². The first-order valence-corrected chi connectivity index (χ1v) is 8.68. The molecule has 0 amide bonds. The molecule has 0 aliphatic heterocycles. The van der Waals surface area contributed by atoms with Crippen molar-refractivity contribution in [1.82, 2.24) is 0 Å². The van der Waals surface area contributed by atoms with Gasteiger partial charge in [-0.1, -0.05) is 64.8 Å². The normalized spacial score (nSPS) is 14.4. The van der Waals surface area contributed by atoms with Gasteiger partial charge in [0.1, 0.15) is 0 Å². The number of hydrogen-bond donors (Lipinski definition) is 2. The Morgan fingerprint density at radius 1 is 0.696 bits per heavy atom. The third-order valence-electron chi connectivity index (χ3n) is 5.56. The first-order valence-electron chi connectivity index (χ1n) is 8.68. The number of benzene rings is 2. The minimum Gasteiger partial charge on any atom is -0.399 e. The van der Waals surface area contributed by atoms with Gasteiger partial charge in [0.15, 0.2) is 0 Å². The second-order valence-corrected chi connectivity index (χ2v) is 6.73. The molecule has 2 nitrogen and oxygen atoms in total. The number of rotatable bonds is 6. The molecule has 23 heavy (non-hydrogen) atoms. The van der Waals surface area contributed by atoms with Gasteiger partial charge in [0.2, 0.25) is 0 Å². The Kier molecular flexibility index (Phi) is 5.35. The van der Waals surface area contributed by atoms with E-state index in [0.29, 0.717) is 11.8 Å². The third-order valence-corrected chi connectivity index (χ3v) is 5.56. The van der Waals surface area contributed by atoms with Crippen LogP contribution in [-0.4, -0.2) is 0 Å². The largest absolute Gasteiger partial charge is 0.399 e. The van der Waals surface area contributed by atoms with Gasteiger partial charge >= 0.3 is 0 Å². The number of nitrogen functional groups attached to an aromatic ring is 2. The Bertz CT molecular complexity index is 556. The van der Waals surface area contributed by atoms with Gasteiger partial charge in [-0.25, -0.2) is 0 Å². The molecule has 2 atom stereocenters. The number of hydrogen-bond acceptors (Lipinski definition) is 2. The molecule has 124 valence electrons. The van der Waals surface area contributed by atoms with Gasteiger partial charge in [-0.3, -0.25) is 0 Å². The van der Waals surface area contributed by atoms with E-state index in [-0.39, 0.29) is 5.41 Å². The topological polar surface area (TPSA) is 52.0 Å². The Balaban J connectivity index is 2.73. The lowest BCUT2D eigenvalue weighted by Gasteiger charge is -2.45. The monoisotopic (exact) mass is 310 g/mol. The van der Waals surface area contributed by atoms with Crippen LogP contribution in [0.15, 0.2) is 48.5 Å². The summed E-state index contributed by atoms with van der Waals surface area (Å²) in [6.45, 7) is 9.27. The van der Waals surface area contributed by atoms with E-state index in [0.717, 1.165) is 24.2 Å². The molecular formula is C21H30N2. The fourth-order valence-corrected chi connectivity index (χ4v) is 3.95. The average Bonchev–Trinajstić information content (AvgIpc) is 2.57. The minimum atomic E-state index is -0.0229. The zero-order valence-corrected chi connectivity index (χ0v) is 14.8. The van der Waals surface area contributed by atoms with E-state index in [2.05, 4.69) is 52.0 Å². The molecule has 0 saturated carbocycles. The van der Waals surface area contributed by atoms with Crippen LogP contribution in [0.25, 0.3) is 0 Å². The Hall–Kier alpha value is -1.96. The highest BCUT2D eigenvalue weighted by Gasteiger charge is 2.42. The van der Waals surface area contributed by atoms with Crippen molar-refractivity contribution in [2.24, 2.45) is 11.8 Å². The van der Waals surface area contributed by atoms with Crippen LogP contribution in [0.1, 0.15) is 51.7 Å². The smallest absolute Gasteiger partial charge is 0.0314 e. The van der Waals surface area contributed by atoms with Gasteiger partial charge in [0.05, 0.1) is 0 Å². The quantitative estimate of drug-likeness (QED) is 0.718. The van der Waals surface area contributed by atoms with Crippen molar-refractivity contribution in [1.29, 1.82) is 0 Å². The van der Waals surface area contributed by atoms with E-state index in [1.165, 1.54) is 11.1 Å². The lowest BCUT2D eigenvalue weighted by molar-refractivity contribution is 0.229. The molecular weight excluding hydrogens is 280 g/mol. The van der Waals surface area contributed by atoms with Crippen molar-refractivity contribution in [2.45, 2.75) is 46.0 Å². The highest BCUT2D eigenvalue weighted by Crippen LogP contribution is 2.48. The summed E-state index contributed by atoms with van der Waals surface area (Å²) >= 11 is 0. The van der Waals surface area contributed by atoms with E-state index in [4.69, 9.17) is 11.5 Å². The van der Waals surface area contributed by atoms with Crippen LogP contribution in [-0.2, 0) is 5.41 Å². The van der Waals surface area contributed by atoms with Crippen LogP contribution >= 0.6 is 0 Å². The maximum atomic E-state index is 5.93. The van der Waals surface area contributed by atoms with Gasteiger partial charge in [-0.15, -0.1) is 0 Å². The number of nitrogens with two attached hydrogens (primary N) is 2. The van der Waals surface area contributed by atoms with Crippen molar-refractivity contribution in [2.75, 3.05) is 11.5 Å². The molecule has 4 N–H and O–H groups in total. The SMILES string of the molecule is CCC(C)C(c1ccc(N)cc1)(c1ccc(N)cc1)C(C)CC. The molecule has 0 heterocycles. The van der Waals surface area contributed by atoms with Crippen LogP contribution in [0.4, 0.5) is 11.4 Å². The van der Waals surface area contributed by atoms with Gasteiger partial charge in [0.25, 0.3) is 0 Å². The first kappa shape index (κ1) is 17.4. The summed E-state index contributed by atoms with van der Waals surface area (Å²) < 4.78 is 0. The highest BCUT2D eigenvalue weighted by atomic mass is 14.6. The molecule has 0 radical (unpaired) electrons. The number of anilines is 2. The van der Waals surface area contributed by atoms with Crippen LogP contribution in [0, 0.1) is 11.8 Å². The molecule has 2 rings (SSSR count). The molecule has 0 aromatic heterocycles. The Morgan fingerprint density at radius 2 is 1.00 bits per heavy atom. The maximum absolute atomic E-state index is 5.93. The fourth-order valence-electron chi connectivity index (χ4n) is 3.95. The molecule has 0 fully saturated rings. The molecule has 2 heteroatoms. The summed E-state index contributed by atoms with van der Waals surface area (Å²) in [5.41, 5.74) is 16.2. The third kappa shape index (κ3) is 3.08. The summed E-state index contributed by atoms with van der Waals surface area (Å²) in [6, 6.07) is 16.9. The van der Waals surface area contributed by atoms with E-state index in [1.54, 1.807) is 0 Å². The van der Waals surface area contributed by atoms with E-state index < -0.39 is 0 Å². The van der Waals surface area contributed by atoms with E-state index >= 15 is 0 Å². The zero-order chi connectivity index (χ0) is 17.0. The van der Waals surface area contributed by atoms with Crippen molar-refractivity contribution in [3.63, 3.8) is 0 Å². The standard InChI is InChI=1S/C21H30N2/c1-5-15(3)21(16(4)6-2,17-7-11-19(22)12-8-17)18-9-13-20(23)14-10-18/h7-16H,5-6,22-23H2,1-4H3. The van der Waals surface area contributed by atoms with Crippen molar-refractivity contribution < 1.29 is 0 Å². The first-order chi connectivity index (χ1) is 11.0. The summed E-state index contributed by atoms with van der Waals surface area (Å²) in [5, 5.41) is 0. The van der Waals surface area contributed by atoms with E-state index in [9.17, 15) is 0 Å². The molecule has 0 aliphatic carbocycles. The lowest BCUT2D eigenvalue weighted by atomic mass is 9.58. The summed E-state index contributed by atoms with van der Waals surface area (Å²) in [7, 11) is 0. The summed E-state index contributed by atoms with van der Waals surface area (Å²) in [4.78, 5) is 0. The van der Waals surface area contributed by atoms with Crippen molar-refractivity contribution in [3.05, 3.63) is 59.7 Å². The molecule has 2 aromatic carbocycles.